The summed E-state index contributed by atoms with van der Waals surface area (Å²) in [6, 6.07) is 6.41. The van der Waals surface area contributed by atoms with Crippen molar-refractivity contribution < 1.29 is 14.0 Å². The van der Waals surface area contributed by atoms with Crippen LogP contribution in [0.2, 0.25) is 0 Å². The lowest BCUT2D eigenvalue weighted by Crippen LogP contribution is -2.41. The van der Waals surface area contributed by atoms with Gasteiger partial charge in [-0.3, -0.25) is 0 Å². The first-order valence-electron chi connectivity index (χ1n) is 8.35. The van der Waals surface area contributed by atoms with E-state index in [4.69, 9.17) is 14.0 Å². The van der Waals surface area contributed by atoms with Gasteiger partial charge in [0.25, 0.3) is 0 Å². The Labute approximate surface area is 134 Å². The molecule has 0 aromatic heterocycles. The molecule has 1 aliphatic heterocycles. The third-order valence-electron chi connectivity index (χ3n) is 4.97. The molecule has 1 aliphatic carbocycles. The van der Waals surface area contributed by atoms with E-state index in [1.54, 1.807) is 0 Å². The molecular formula is C18H27BO3. The lowest BCUT2D eigenvalue weighted by Gasteiger charge is -2.32. The molecule has 3 rings (SSSR count). The number of hydrogen-bond acceptors (Lipinski definition) is 3. The lowest BCUT2D eigenvalue weighted by molar-refractivity contribution is 0.00578. The molecule has 2 fully saturated rings. The normalized spacial score (nSPS) is 23.1. The van der Waals surface area contributed by atoms with Gasteiger partial charge in [0.05, 0.1) is 17.3 Å². The van der Waals surface area contributed by atoms with Crippen LogP contribution in [0.1, 0.15) is 65.9 Å². The highest BCUT2D eigenvalue weighted by Gasteiger charge is 2.51. The third kappa shape index (κ3) is 3.04. The summed E-state index contributed by atoms with van der Waals surface area (Å²) in [7, 11) is -0.328. The van der Waals surface area contributed by atoms with Crippen molar-refractivity contribution in [3.8, 4) is 5.75 Å². The Morgan fingerprint density at radius 3 is 2.14 bits per heavy atom. The van der Waals surface area contributed by atoms with E-state index in [9.17, 15) is 0 Å². The van der Waals surface area contributed by atoms with Crippen LogP contribution < -0.4 is 10.2 Å². The van der Waals surface area contributed by atoms with E-state index in [0.29, 0.717) is 12.0 Å². The van der Waals surface area contributed by atoms with E-state index in [0.717, 1.165) is 24.1 Å². The first-order chi connectivity index (χ1) is 10.2. The van der Waals surface area contributed by atoms with Crippen LogP contribution in [0.3, 0.4) is 0 Å². The SMILES string of the molecule is CC(C)c1cc(OC2CC2)cc(B2OC(C)(C)C(C)(C)O2)c1. The highest BCUT2D eigenvalue weighted by molar-refractivity contribution is 6.62. The van der Waals surface area contributed by atoms with Crippen LogP contribution in [-0.2, 0) is 9.31 Å². The average molecular weight is 302 g/mol. The van der Waals surface area contributed by atoms with Crippen molar-refractivity contribution >= 4 is 12.6 Å². The van der Waals surface area contributed by atoms with Crippen LogP contribution in [0.25, 0.3) is 0 Å². The van der Waals surface area contributed by atoms with Gasteiger partial charge in [-0.1, -0.05) is 19.9 Å². The Morgan fingerprint density at radius 2 is 1.64 bits per heavy atom. The van der Waals surface area contributed by atoms with E-state index >= 15 is 0 Å². The topological polar surface area (TPSA) is 27.7 Å². The maximum Gasteiger partial charge on any atom is 0.494 e. The van der Waals surface area contributed by atoms with Gasteiger partial charge in [0.2, 0.25) is 0 Å². The molecular weight excluding hydrogens is 275 g/mol. The number of hydrogen-bond donors (Lipinski definition) is 0. The number of rotatable bonds is 4. The first-order valence-corrected chi connectivity index (χ1v) is 8.35. The minimum Gasteiger partial charge on any atom is -0.490 e. The fourth-order valence-electron chi connectivity index (χ4n) is 2.54. The highest BCUT2D eigenvalue weighted by atomic mass is 16.7. The van der Waals surface area contributed by atoms with Crippen molar-refractivity contribution in [3.05, 3.63) is 23.8 Å². The van der Waals surface area contributed by atoms with Crippen LogP contribution in [0.4, 0.5) is 0 Å². The molecule has 3 nitrogen and oxygen atoms in total. The first kappa shape index (κ1) is 15.9. The van der Waals surface area contributed by atoms with Crippen LogP contribution in [-0.4, -0.2) is 24.4 Å². The number of ether oxygens (including phenoxy) is 1. The van der Waals surface area contributed by atoms with Crippen molar-refractivity contribution in [2.24, 2.45) is 0 Å². The standard InChI is InChI=1S/C18H27BO3/c1-12(2)13-9-14(11-16(10-13)20-15-7-8-15)19-21-17(3,4)18(5,6)22-19/h9-12,15H,7-8H2,1-6H3. The Kier molecular flexibility index (Phi) is 3.81. The van der Waals surface area contributed by atoms with Crippen molar-refractivity contribution in [3.63, 3.8) is 0 Å². The summed E-state index contributed by atoms with van der Waals surface area (Å²) >= 11 is 0. The minimum atomic E-state index is -0.328. The smallest absolute Gasteiger partial charge is 0.490 e. The molecule has 0 atom stereocenters. The summed E-state index contributed by atoms with van der Waals surface area (Å²) < 4.78 is 18.4. The molecule has 4 heteroatoms. The largest absolute Gasteiger partial charge is 0.494 e. The summed E-state index contributed by atoms with van der Waals surface area (Å²) in [5, 5.41) is 0. The van der Waals surface area contributed by atoms with Crippen LogP contribution in [0.15, 0.2) is 18.2 Å². The van der Waals surface area contributed by atoms with Crippen molar-refractivity contribution in [2.45, 2.75) is 77.6 Å². The van der Waals surface area contributed by atoms with E-state index < -0.39 is 0 Å². The molecule has 0 bridgehead atoms. The highest BCUT2D eigenvalue weighted by Crippen LogP contribution is 2.37. The van der Waals surface area contributed by atoms with Crippen LogP contribution in [0, 0.1) is 0 Å². The van der Waals surface area contributed by atoms with Gasteiger partial charge < -0.3 is 14.0 Å². The van der Waals surface area contributed by atoms with Gasteiger partial charge in [0, 0.05) is 0 Å². The quantitative estimate of drug-likeness (QED) is 0.795. The second-order valence-corrected chi connectivity index (χ2v) is 7.90. The third-order valence-corrected chi connectivity index (χ3v) is 4.97. The molecule has 0 N–H and O–H groups in total. The van der Waals surface area contributed by atoms with Gasteiger partial charge in [0.15, 0.2) is 0 Å². The summed E-state index contributed by atoms with van der Waals surface area (Å²) in [5.74, 6) is 1.39. The zero-order valence-corrected chi connectivity index (χ0v) is 14.6. The second-order valence-electron chi connectivity index (χ2n) is 7.90. The molecule has 120 valence electrons. The van der Waals surface area contributed by atoms with Crippen molar-refractivity contribution in [1.82, 2.24) is 0 Å². The zero-order valence-electron chi connectivity index (χ0n) is 14.6. The molecule has 0 spiro atoms. The molecule has 2 aliphatic rings. The molecule has 0 unspecified atom stereocenters. The fraction of sp³-hybridized carbons (Fsp3) is 0.667. The molecule has 1 aromatic rings. The molecule has 1 heterocycles. The predicted molar refractivity (Wildman–Crippen MR) is 89.9 cm³/mol. The number of benzene rings is 1. The van der Waals surface area contributed by atoms with Gasteiger partial charge >= 0.3 is 7.12 Å². The fourth-order valence-corrected chi connectivity index (χ4v) is 2.54. The minimum absolute atomic E-state index is 0.316. The van der Waals surface area contributed by atoms with E-state index in [1.165, 1.54) is 5.56 Å². The Hall–Kier alpha value is -0.995. The zero-order chi connectivity index (χ0) is 16.1. The van der Waals surface area contributed by atoms with E-state index in [-0.39, 0.29) is 18.3 Å². The summed E-state index contributed by atoms with van der Waals surface area (Å²) in [4.78, 5) is 0. The molecule has 1 saturated carbocycles. The maximum absolute atomic E-state index is 6.18. The van der Waals surface area contributed by atoms with Gasteiger partial charge in [-0.25, -0.2) is 0 Å². The lowest BCUT2D eigenvalue weighted by atomic mass is 9.77. The molecule has 0 radical (unpaired) electrons. The van der Waals surface area contributed by atoms with Gasteiger partial charge in [0.1, 0.15) is 5.75 Å². The molecule has 0 amide bonds. The maximum atomic E-state index is 6.18. The van der Waals surface area contributed by atoms with Crippen LogP contribution >= 0.6 is 0 Å². The van der Waals surface area contributed by atoms with Crippen LogP contribution in [0.5, 0.6) is 5.75 Å². The van der Waals surface area contributed by atoms with E-state index in [1.807, 2.05) is 0 Å². The Bertz CT molecular complexity index is 545. The predicted octanol–water partition coefficient (Wildman–Crippen LogP) is 3.65. The summed E-state index contributed by atoms with van der Waals surface area (Å²) in [6.45, 7) is 12.7. The monoisotopic (exact) mass is 302 g/mol. The van der Waals surface area contributed by atoms with Crippen molar-refractivity contribution in [2.75, 3.05) is 0 Å². The van der Waals surface area contributed by atoms with Crippen molar-refractivity contribution in [1.29, 1.82) is 0 Å². The summed E-state index contributed by atoms with van der Waals surface area (Å²) in [5.41, 5.74) is 1.69. The van der Waals surface area contributed by atoms with Gasteiger partial charge in [-0.15, -0.1) is 0 Å². The summed E-state index contributed by atoms with van der Waals surface area (Å²) in [6.07, 6.45) is 2.73. The second kappa shape index (κ2) is 5.28. The molecule has 22 heavy (non-hydrogen) atoms. The molecule has 1 aromatic carbocycles. The Balaban J connectivity index is 1.90. The van der Waals surface area contributed by atoms with Gasteiger partial charge in [-0.2, -0.15) is 0 Å². The Morgan fingerprint density at radius 1 is 1.05 bits per heavy atom. The average Bonchev–Trinajstić information content (AvgIpc) is 3.16. The van der Waals surface area contributed by atoms with Gasteiger partial charge in [-0.05, 0) is 69.6 Å². The molecule has 1 saturated heterocycles. The van der Waals surface area contributed by atoms with E-state index in [2.05, 4.69) is 59.7 Å².